The molecule has 2 rings (SSSR count). The average Bonchev–Trinajstić information content (AvgIpc) is 2.34. The van der Waals surface area contributed by atoms with Gasteiger partial charge in [-0.2, -0.15) is 0 Å². The number of hydrogen-bond acceptors (Lipinski definition) is 3. The van der Waals surface area contributed by atoms with Gasteiger partial charge in [0.25, 0.3) is 0 Å². The highest BCUT2D eigenvalue weighted by Crippen LogP contribution is 2.60. The van der Waals surface area contributed by atoms with Gasteiger partial charge in [0.05, 0.1) is 11.3 Å². The molecule has 3 nitrogen and oxygen atoms in total. The smallest absolute Gasteiger partial charge is 0.320 e. The van der Waals surface area contributed by atoms with Crippen molar-refractivity contribution in [2.75, 3.05) is 4.43 Å². The first-order chi connectivity index (χ1) is 6.45. The van der Waals surface area contributed by atoms with Gasteiger partial charge in [0, 0.05) is 9.84 Å². The van der Waals surface area contributed by atoms with Crippen LogP contribution in [0.4, 0.5) is 0 Å². The SMILES string of the molecule is C[C@]12CC[C@H](C(=O)OC1=O)[C@@]2(C)CI. The Hall–Kier alpha value is -0.130. The Morgan fingerprint density at radius 3 is 2.71 bits per heavy atom. The van der Waals surface area contributed by atoms with Crippen LogP contribution in [0.5, 0.6) is 0 Å². The molecule has 14 heavy (non-hydrogen) atoms. The van der Waals surface area contributed by atoms with E-state index in [1.165, 1.54) is 0 Å². The second kappa shape index (κ2) is 2.93. The number of halogens is 1. The van der Waals surface area contributed by atoms with E-state index in [1.54, 1.807) is 0 Å². The van der Waals surface area contributed by atoms with Gasteiger partial charge in [-0.15, -0.1) is 0 Å². The van der Waals surface area contributed by atoms with Crippen molar-refractivity contribution in [3.05, 3.63) is 0 Å². The van der Waals surface area contributed by atoms with Crippen LogP contribution >= 0.6 is 22.6 Å². The molecule has 4 heteroatoms. The lowest BCUT2D eigenvalue weighted by Crippen LogP contribution is -2.52. The molecule has 2 fully saturated rings. The summed E-state index contributed by atoms with van der Waals surface area (Å²) in [4.78, 5) is 23.2. The first-order valence-electron chi connectivity index (χ1n) is 4.78. The van der Waals surface area contributed by atoms with Crippen molar-refractivity contribution in [2.45, 2.75) is 26.7 Å². The molecule has 0 aromatic heterocycles. The van der Waals surface area contributed by atoms with E-state index < -0.39 is 5.41 Å². The Bertz CT molecular complexity index is 314. The summed E-state index contributed by atoms with van der Waals surface area (Å²) in [5.41, 5.74) is -0.660. The van der Waals surface area contributed by atoms with Crippen LogP contribution in [0, 0.1) is 16.7 Å². The number of hydrogen-bond donors (Lipinski definition) is 0. The quantitative estimate of drug-likeness (QED) is 0.322. The Balaban J connectivity index is 2.51. The maximum atomic E-state index is 11.7. The van der Waals surface area contributed by atoms with E-state index in [-0.39, 0.29) is 23.3 Å². The number of rotatable bonds is 1. The largest absolute Gasteiger partial charge is 0.392 e. The second-order valence-electron chi connectivity index (χ2n) is 4.68. The standard InChI is InChI=1S/C10H13IO3/c1-9-4-3-6(10(9,2)5-11)7(12)14-8(9)13/h6H,3-5H2,1-2H3/t6-,9+,10-/m1/s1. The van der Waals surface area contributed by atoms with Crippen LogP contribution in [-0.2, 0) is 14.3 Å². The highest BCUT2D eigenvalue weighted by atomic mass is 127. The lowest BCUT2D eigenvalue weighted by Gasteiger charge is -2.43. The first-order valence-corrected chi connectivity index (χ1v) is 6.30. The summed E-state index contributed by atoms with van der Waals surface area (Å²) in [7, 11) is 0. The number of cyclic esters (lactones) is 2. The summed E-state index contributed by atoms with van der Waals surface area (Å²) >= 11 is 2.26. The van der Waals surface area contributed by atoms with Crippen LogP contribution in [-0.4, -0.2) is 16.4 Å². The van der Waals surface area contributed by atoms with Gasteiger partial charge in [0.15, 0.2) is 0 Å². The summed E-state index contributed by atoms with van der Waals surface area (Å²) in [6, 6.07) is 0. The van der Waals surface area contributed by atoms with Gasteiger partial charge in [0.1, 0.15) is 0 Å². The molecule has 1 saturated heterocycles. The topological polar surface area (TPSA) is 43.4 Å². The van der Waals surface area contributed by atoms with E-state index in [2.05, 4.69) is 22.6 Å². The van der Waals surface area contributed by atoms with E-state index in [0.29, 0.717) is 0 Å². The van der Waals surface area contributed by atoms with Crippen LogP contribution in [0.2, 0.25) is 0 Å². The summed E-state index contributed by atoms with van der Waals surface area (Å²) in [5, 5.41) is 0. The third-order valence-electron chi connectivity index (χ3n) is 4.17. The monoisotopic (exact) mass is 308 g/mol. The highest BCUT2D eigenvalue weighted by molar-refractivity contribution is 14.1. The number of esters is 2. The fraction of sp³-hybridized carbons (Fsp3) is 0.800. The van der Waals surface area contributed by atoms with Crippen molar-refractivity contribution >= 4 is 34.5 Å². The van der Waals surface area contributed by atoms with Gasteiger partial charge in [-0.1, -0.05) is 29.5 Å². The maximum absolute atomic E-state index is 11.7. The van der Waals surface area contributed by atoms with Crippen LogP contribution in [0.3, 0.4) is 0 Å². The van der Waals surface area contributed by atoms with Crippen LogP contribution in [0.25, 0.3) is 0 Å². The number of carbonyl (C=O) groups is 2. The third-order valence-corrected chi connectivity index (χ3v) is 5.75. The fourth-order valence-corrected chi connectivity index (χ4v) is 4.02. The number of alkyl halides is 1. The minimum atomic E-state index is -0.452. The Kier molecular flexibility index (Phi) is 2.18. The molecule has 0 aromatic carbocycles. The van der Waals surface area contributed by atoms with Crippen molar-refractivity contribution in [1.82, 2.24) is 0 Å². The van der Waals surface area contributed by atoms with Crippen molar-refractivity contribution in [3.63, 3.8) is 0 Å². The van der Waals surface area contributed by atoms with Gasteiger partial charge >= 0.3 is 11.9 Å². The van der Waals surface area contributed by atoms with Crippen molar-refractivity contribution < 1.29 is 14.3 Å². The molecule has 0 N–H and O–H groups in total. The molecular weight excluding hydrogens is 295 g/mol. The second-order valence-corrected chi connectivity index (χ2v) is 5.45. The molecule has 0 radical (unpaired) electrons. The van der Waals surface area contributed by atoms with Gasteiger partial charge in [-0.3, -0.25) is 9.59 Å². The molecular formula is C10H13IO3. The molecule has 2 bridgehead atoms. The molecule has 1 aliphatic heterocycles. The summed E-state index contributed by atoms with van der Waals surface area (Å²) in [6.45, 7) is 3.97. The third kappa shape index (κ3) is 0.978. The molecule has 1 aliphatic carbocycles. The van der Waals surface area contributed by atoms with E-state index in [9.17, 15) is 9.59 Å². The zero-order valence-electron chi connectivity index (χ0n) is 8.30. The molecule has 0 spiro atoms. The molecule has 3 atom stereocenters. The van der Waals surface area contributed by atoms with E-state index in [0.717, 1.165) is 17.3 Å². The van der Waals surface area contributed by atoms with Crippen molar-refractivity contribution in [3.8, 4) is 0 Å². The summed E-state index contributed by atoms with van der Waals surface area (Å²) in [5.74, 6) is -0.721. The van der Waals surface area contributed by atoms with Crippen molar-refractivity contribution in [1.29, 1.82) is 0 Å². The Morgan fingerprint density at radius 2 is 2.14 bits per heavy atom. The molecule has 2 aliphatic rings. The molecule has 0 aromatic rings. The lowest BCUT2D eigenvalue weighted by molar-refractivity contribution is -0.184. The van der Waals surface area contributed by atoms with Crippen molar-refractivity contribution in [2.24, 2.45) is 16.7 Å². The summed E-state index contributed by atoms with van der Waals surface area (Å²) in [6.07, 6.45) is 1.57. The Morgan fingerprint density at radius 1 is 1.50 bits per heavy atom. The number of fused-ring (bicyclic) bond motifs is 2. The van der Waals surface area contributed by atoms with Crippen LogP contribution < -0.4 is 0 Å². The average molecular weight is 308 g/mol. The molecule has 0 amide bonds. The minimum absolute atomic E-state index is 0.0814. The van der Waals surface area contributed by atoms with Gasteiger partial charge in [-0.25, -0.2) is 0 Å². The van der Waals surface area contributed by atoms with E-state index in [1.807, 2.05) is 13.8 Å². The zero-order valence-corrected chi connectivity index (χ0v) is 10.5. The predicted octanol–water partition coefficient (Wildman–Crippen LogP) is 1.93. The molecule has 78 valence electrons. The molecule has 1 saturated carbocycles. The van der Waals surface area contributed by atoms with E-state index in [4.69, 9.17) is 4.74 Å². The lowest BCUT2D eigenvalue weighted by atomic mass is 9.64. The molecule has 1 heterocycles. The fourth-order valence-electron chi connectivity index (χ4n) is 2.65. The molecule has 0 unspecified atom stereocenters. The van der Waals surface area contributed by atoms with Gasteiger partial charge in [0.2, 0.25) is 0 Å². The Labute approximate surface area is 96.7 Å². The highest BCUT2D eigenvalue weighted by Gasteiger charge is 2.65. The first kappa shape index (κ1) is 10.4. The summed E-state index contributed by atoms with van der Waals surface area (Å²) < 4.78 is 5.62. The van der Waals surface area contributed by atoms with Gasteiger partial charge in [-0.05, 0) is 19.8 Å². The number of carbonyl (C=O) groups excluding carboxylic acids is 2. The predicted molar refractivity (Wildman–Crippen MR) is 58.9 cm³/mol. The van der Waals surface area contributed by atoms with Crippen LogP contribution in [0.1, 0.15) is 26.7 Å². The number of ether oxygens (including phenoxy) is 1. The normalized spacial score (nSPS) is 46.6. The maximum Gasteiger partial charge on any atom is 0.320 e. The minimum Gasteiger partial charge on any atom is -0.392 e. The zero-order chi connectivity index (χ0) is 10.6. The van der Waals surface area contributed by atoms with Crippen LogP contribution in [0.15, 0.2) is 0 Å². The van der Waals surface area contributed by atoms with E-state index >= 15 is 0 Å². The van der Waals surface area contributed by atoms with Gasteiger partial charge < -0.3 is 4.74 Å².